The van der Waals surface area contributed by atoms with Crippen molar-refractivity contribution in [2.45, 2.75) is 70.2 Å². The number of hydrogen-bond acceptors (Lipinski definition) is 4. The Bertz CT molecular complexity index is 950. The van der Waals surface area contributed by atoms with E-state index in [1.807, 2.05) is 19.9 Å². The van der Waals surface area contributed by atoms with E-state index in [4.69, 9.17) is 4.74 Å². The van der Waals surface area contributed by atoms with E-state index < -0.39 is 23.7 Å². The molecule has 0 bridgehead atoms. The van der Waals surface area contributed by atoms with Gasteiger partial charge in [-0.05, 0) is 64.4 Å². The Hall–Kier alpha value is -2.58. The third kappa shape index (κ3) is 4.15. The molecule has 2 heterocycles. The molecule has 2 aliphatic carbocycles. The average Bonchev–Trinajstić information content (AvgIpc) is 3.58. The Morgan fingerprint density at radius 2 is 1.97 bits per heavy atom. The minimum absolute atomic E-state index is 0.0305. The molecule has 2 saturated carbocycles. The van der Waals surface area contributed by atoms with E-state index in [9.17, 15) is 18.0 Å². The number of aryl methyl sites for hydroxylation is 1. The molecular formula is C21H25F3N4O2. The van der Waals surface area contributed by atoms with Gasteiger partial charge in [0.05, 0.1) is 11.2 Å². The molecule has 2 aromatic heterocycles. The van der Waals surface area contributed by atoms with Crippen molar-refractivity contribution >= 4 is 5.91 Å². The van der Waals surface area contributed by atoms with Crippen molar-refractivity contribution in [3.63, 3.8) is 0 Å². The number of halogens is 3. The lowest BCUT2D eigenvalue weighted by Gasteiger charge is -2.29. The molecule has 1 amide bonds. The first-order valence-electron chi connectivity index (χ1n) is 10.2. The van der Waals surface area contributed by atoms with Crippen molar-refractivity contribution in [2.24, 2.45) is 5.92 Å². The lowest BCUT2D eigenvalue weighted by atomic mass is 9.91. The minimum Gasteiger partial charge on any atom is -0.481 e. The Balaban J connectivity index is 1.60. The number of aromatic nitrogens is 3. The van der Waals surface area contributed by atoms with E-state index in [0.29, 0.717) is 5.56 Å². The van der Waals surface area contributed by atoms with Gasteiger partial charge in [-0.1, -0.05) is 0 Å². The van der Waals surface area contributed by atoms with Crippen LogP contribution in [-0.4, -0.2) is 33.4 Å². The number of ether oxygens (including phenoxy) is 1. The number of nitrogens with zero attached hydrogens (tertiary/aromatic N) is 2. The number of alkyl halides is 3. The smallest absolute Gasteiger partial charge is 0.425 e. The van der Waals surface area contributed by atoms with Crippen LogP contribution in [0.15, 0.2) is 18.3 Å². The Morgan fingerprint density at radius 3 is 2.50 bits per heavy atom. The number of nitrogens with one attached hydrogen (secondary N) is 2. The molecule has 2 aromatic rings. The van der Waals surface area contributed by atoms with Crippen molar-refractivity contribution in [3.8, 4) is 5.75 Å². The van der Waals surface area contributed by atoms with Crippen LogP contribution in [0.1, 0.15) is 72.9 Å². The van der Waals surface area contributed by atoms with Crippen LogP contribution >= 0.6 is 0 Å². The quantitative estimate of drug-likeness (QED) is 0.694. The summed E-state index contributed by atoms with van der Waals surface area (Å²) in [6.07, 6.45) is -1.31. The molecule has 1 unspecified atom stereocenters. The molecule has 0 spiro atoms. The molecule has 162 valence electrons. The van der Waals surface area contributed by atoms with Crippen LogP contribution in [0.3, 0.4) is 0 Å². The van der Waals surface area contributed by atoms with Gasteiger partial charge in [0.2, 0.25) is 0 Å². The van der Waals surface area contributed by atoms with Crippen LogP contribution in [0, 0.1) is 12.8 Å². The molecule has 0 aliphatic heterocycles. The van der Waals surface area contributed by atoms with Crippen LogP contribution < -0.4 is 10.1 Å². The zero-order chi connectivity index (χ0) is 21.7. The van der Waals surface area contributed by atoms with Gasteiger partial charge in [-0.2, -0.15) is 18.3 Å². The summed E-state index contributed by atoms with van der Waals surface area (Å²) in [5, 5.41) is 10.2. The molecule has 2 atom stereocenters. The first-order valence-corrected chi connectivity index (χ1v) is 10.2. The maximum absolute atomic E-state index is 13.0. The largest absolute Gasteiger partial charge is 0.481 e. The van der Waals surface area contributed by atoms with E-state index in [2.05, 4.69) is 20.5 Å². The monoisotopic (exact) mass is 422 g/mol. The number of aromatic amines is 1. The zero-order valence-corrected chi connectivity index (χ0v) is 17.1. The second kappa shape index (κ2) is 7.28. The van der Waals surface area contributed by atoms with E-state index in [1.54, 1.807) is 0 Å². The summed E-state index contributed by atoms with van der Waals surface area (Å²) in [4.78, 5) is 17.2. The lowest BCUT2D eigenvalue weighted by molar-refractivity contribution is -0.189. The molecule has 9 heteroatoms. The van der Waals surface area contributed by atoms with Gasteiger partial charge in [-0.3, -0.25) is 14.9 Å². The highest BCUT2D eigenvalue weighted by Gasteiger charge is 2.46. The van der Waals surface area contributed by atoms with Crippen molar-refractivity contribution in [2.75, 3.05) is 0 Å². The number of carbonyl (C=O) groups excluding carboxylic acids is 1. The highest BCUT2D eigenvalue weighted by molar-refractivity contribution is 5.93. The Kier molecular flexibility index (Phi) is 5.02. The van der Waals surface area contributed by atoms with E-state index in [-0.39, 0.29) is 23.3 Å². The minimum atomic E-state index is -4.49. The summed E-state index contributed by atoms with van der Waals surface area (Å²) in [7, 11) is 0. The Morgan fingerprint density at radius 1 is 1.27 bits per heavy atom. The molecule has 30 heavy (non-hydrogen) atoms. The summed E-state index contributed by atoms with van der Waals surface area (Å²) in [5.41, 5.74) is 1.58. The van der Waals surface area contributed by atoms with Gasteiger partial charge in [0.15, 0.2) is 6.10 Å². The number of rotatable bonds is 7. The fraction of sp³-hybridized carbons (Fsp3) is 0.571. The third-order valence-electron chi connectivity index (χ3n) is 5.91. The van der Waals surface area contributed by atoms with Gasteiger partial charge >= 0.3 is 6.18 Å². The number of H-pyrrole nitrogens is 1. The first-order chi connectivity index (χ1) is 14.1. The SMILES string of the molecule is Cc1cc(C(C)(NC(=O)c2cc(O[C@H](C)C(F)(F)F)c(C3CC3)cn2)C2CC2)n[nH]1. The molecule has 2 aliphatic rings. The highest BCUT2D eigenvalue weighted by atomic mass is 19.4. The average molecular weight is 422 g/mol. The van der Waals surface area contributed by atoms with E-state index >= 15 is 0 Å². The molecule has 4 rings (SSSR count). The summed E-state index contributed by atoms with van der Waals surface area (Å²) in [6.45, 7) is 4.76. The van der Waals surface area contributed by atoms with Crippen molar-refractivity contribution in [1.82, 2.24) is 20.5 Å². The van der Waals surface area contributed by atoms with Crippen molar-refractivity contribution in [3.05, 3.63) is 41.0 Å². The van der Waals surface area contributed by atoms with Gasteiger partial charge in [0.1, 0.15) is 11.4 Å². The van der Waals surface area contributed by atoms with Gasteiger partial charge in [-0.15, -0.1) is 0 Å². The summed E-state index contributed by atoms with van der Waals surface area (Å²) >= 11 is 0. The second-order valence-electron chi connectivity index (χ2n) is 8.55. The van der Waals surface area contributed by atoms with Crippen LogP contribution in [0.5, 0.6) is 5.75 Å². The number of amides is 1. The Labute approximate surface area is 172 Å². The van der Waals surface area contributed by atoms with Crippen molar-refractivity contribution in [1.29, 1.82) is 0 Å². The second-order valence-corrected chi connectivity index (χ2v) is 8.55. The fourth-order valence-corrected chi connectivity index (χ4v) is 3.65. The molecule has 0 aromatic carbocycles. The summed E-state index contributed by atoms with van der Waals surface area (Å²) in [5.74, 6) is -0.00668. The summed E-state index contributed by atoms with van der Waals surface area (Å²) < 4.78 is 44.3. The molecule has 0 saturated heterocycles. The van der Waals surface area contributed by atoms with Crippen LogP contribution in [-0.2, 0) is 5.54 Å². The number of pyridine rings is 1. The predicted molar refractivity (Wildman–Crippen MR) is 103 cm³/mol. The lowest BCUT2D eigenvalue weighted by Crippen LogP contribution is -2.46. The maximum atomic E-state index is 13.0. The van der Waals surface area contributed by atoms with E-state index in [1.165, 1.54) is 12.3 Å². The van der Waals surface area contributed by atoms with E-state index in [0.717, 1.165) is 44.0 Å². The normalized spacial score (nSPS) is 19.8. The standard InChI is InChI=1S/C21H25F3N4O2/c1-11-8-18(28-27-11)20(3,14-6-7-14)26-19(29)16-9-17(30-12(2)21(22,23)24)15(10-25-16)13-4-5-13/h8-10,12-14H,4-7H2,1-3H3,(H,26,29)(H,27,28)/t12-,20?/m1/s1. The topological polar surface area (TPSA) is 79.9 Å². The first kappa shape index (κ1) is 20.7. The van der Waals surface area contributed by atoms with Crippen LogP contribution in [0.4, 0.5) is 13.2 Å². The predicted octanol–water partition coefficient (Wildman–Crippen LogP) is 4.38. The molecule has 6 nitrogen and oxygen atoms in total. The van der Waals surface area contributed by atoms with Crippen LogP contribution in [0.2, 0.25) is 0 Å². The van der Waals surface area contributed by atoms with Crippen LogP contribution in [0.25, 0.3) is 0 Å². The maximum Gasteiger partial charge on any atom is 0.425 e. The third-order valence-corrected chi connectivity index (χ3v) is 5.91. The van der Waals surface area contributed by atoms with Gasteiger partial charge in [0.25, 0.3) is 5.91 Å². The number of hydrogen-bond donors (Lipinski definition) is 2. The van der Waals surface area contributed by atoms with Crippen molar-refractivity contribution < 1.29 is 22.7 Å². The van der Waals surface area contributed by atoms with Gasteiger partial charge < -0.3 is 10.1 Å². The molecule has 2 N–H and O–H groups in total. The summed E-state index contributed by atoms with van der Waals surface area (Å²) in [6, 6.07) is 3.22. The van der Waals surface area contributed by atoms with Gasteiger partial charge in [0, 0.05) is 23.5 Å². The fourth-order valence-electron chi connectivity index (χ4n) is 3.65. The number of carbonyl (C=O) groups is 1. The molecule has 2 fully saturated rings. The zero-order valence-electron chi connectivity index (χ0n) is 17.1. The molecule has 0 radical (unpaired) electrons. The molecular weight excluding hydrogens is 397 g/mol. The highest BCUT2D eigenvalue weighted by Crippen LogP contribution is 2.46. The van der Waals surface area contributed by atoms with Gasteiger partial charge in [-0.25, -0.2) is 0 Å².